The first-order valence-corrected chi connectivity index (χ1v) is 9.02. The Morgan fingerprint density at radius 1 is 0.964 bits per heavy atom. The first-order chi connectivity index (χ1) is 13.2. The lowest BCUT2D eigenvalue weighted by Crippen LogP contribution is -2.24. The summed E-state index contributed by atoms with van der Waals surface area (Å²) in [7, 11) is 0. The molecule has 1 N–H and O–H groups in total. The molecule has 4 rings (SSSR count). The highest BCUT2D eigenvalue weighted by Crippen LogP contribution is 2.40. The summed E-state index contributed by atoms with van der Waals surface area (Å²) in [5.74, 6) is -1.18. The Morgan fingerprint density at radius 3 is 2.11 bits per heavy atom. The molecular formula is C19H13Cl2F3N4. The summed E-state index contributed by atoms with van der Waals surface area (Å²) in [6.07, 6.45) is -4.65. The van der Waals surface area contributed by atoms with Crippen molar-refractivity contribution >= 4 is 34.8 Å². The van der Waals surface area contributed by atoms with Crippen LogP contribution in [0.3, 0.4) is 0 Å². The predicted molar refractivity (Wildman–Crippen MR) is 102 cm³/mol. The van der Waals surface area contributed by atoms with E-state index in [2.05, 4.69) is 15.4 Å². The van der Waals surface area contributed by atoms with Crippen molar-refractivity contribution in [2.45, 2.75) is 19.1 Å². The molecule has 1 aliphatic rings. The topological polar surface area (TPSA) is 42.7 Å². The summed E-state index contributed by atoms with van der Waals surface area (Å²) < 4.78 is 40.9. The zero-order valence-corrected chi connectivity index (χ0v) is 15.9. The fraction of sp³-hybridized carbons (Fsp3) is 0.158. The molecule has 2 aromatic carbocycles. The van der Waals surface area contributed by atoms with Gasteiger partial charge in [-0.2, -0.15) is 18.2 Å². The Morgan fingerprint density at radius 2 is 1.54 bits per heavy atom. The van der Waals surface area contributed by atoms with E-state index in [-0.39, 0.29) is 5.95 Å². The number of aromatic nitrogens is 3. The SMILES string of the molecule is CC1=C(c2ccc(Cl)cc2)Nc2nc(C(F)(F)F)nn2[C@@H]1c1ccc(Cl)cc1. The Balaban J connectivity index is 1.89. The normalized spacial score (nSPS) is 16.7. The lowest BCUT2D eigenvalue weighted by Gasteiger charge is -2.29. The minimum Gasteiger partial charge on any atom is -0.324 e. The molecule has 0 radical (unpaired) electrons. The number of benzene rings is 2. The summed E-state index contributed by atoms with van der Waals surface area (Å²) in [5, 5.41) is 7.81. The molecule has 4 nitrogen and oxygen atoms in total. The van der Waals surface area contributed by atoms with Gasteiger partial charge in [0.1, 0.15) is 6.04 Å². The minimum absolute atomic E-state index is 0.0165. The minimum atomic E-state index is -4.65. The van der Waals surface area contributed by atoms with Crippen molar-refractivity contribution in [1.82, 2.24) is 14.8 Å². The molecule has 0 saturated carbocycles. The van der Waals surface area contributed by atoms with E-state index in [0.29, 0.717) is 15.7 Å². The maximum absolute atomic E-state index is 13.2. The molecule has 1 aliphatic heterocycles. The molecule has 28 heavy (non-hydrogen) atoms. The number of nitrogens with one attached hydrogen (secondary N) is 1. The number of alkyl halides is 3. The fourth-order valence-electron chi connectivity index (χ4n) is 3.19. The van der Waals surface area contributed by atoms with Crippen molar-refractivity contribution in [1.29, 1.82) is 0 Å². The van der Waals surface area contributed by atoms with E-state index in [1.807, 2.05) is 6.92 Å². The number of halogens is 5. The number of fused-ring (bicyclic) bond motifs is 1. The quantitative estimate of drug-likeness (QED) is 0.544. The van der Waals surface area contributed by atoms with Gasteiger partial charge in [0, 0.05) is 15.7 Å². The number of rotatable bonds is 2. The van der Waals surface area contributed by atoms with Crippen LogP contribution < -0.4 is 5.32 Å². The van der Waals surface area contributed by atoms with E-state index in [4.69, 9.17) is 23.2 Å². The Hall–Kier alpha value is -2.51. The Labute approximate surface area is 168 Å². The third-order valence-corrected chi connectivity index (χ3v) is 4.99. The average molecular weight is 425 g/mol. The van der Waals surface area contributed by atoms with E-state index in [0.717, 1.165) is 16.7 Å². The number of hydrogen-bond donors (Lipinski definition) is 1. The molecule has 2 heterocycles. The highest BCUT2D eigenvalue weighted by atomic mass is 35.5. The molecular weight excluding hydrogens is 412 g/mol. The monoisotopic (exact) mass is 424 g/mol. The highest BCUT2D eigenvalue weighted by molar-refractivity contribution is 6.30. The van der Waals surface area contributed by atoms with E-state index in [9.17, 15) is 13.2 Å². The van der Waals surface area contributed by atoms with Crippen molar-refractivity contribution in [3.63, 3.8) is 0 Å². The predicted octanol–water partition coefficient (Wildman–Crippen LogP) is 6.05. The van der Waals surface area contributed by atoms with Crippen LogP contribution in [0.4, 0.5) is 19.1 Å². The molecule has 144 valence electrons. The van der Waals surface area contributed by atoms with E-state index in [1.54, 1.807) is 48.5 Å². The zero-order chi connectivity index (χ0) is 20.1. The smallest absolute Gasteiger partial charge is 0.324 e. The van der Waals surface area contributed by atoms with Gasteiger partial charge < -0.3 is 5.32 Å². The largest absolute Gasteiger partial charge is 0.453 e. The van der Waals surface area contributed by atoms with E-state index < -0.39 is 18.0 Å². The molecule has 9 heteroatoms. The average Bonchev–Trinajstić information content (AvgIpc) is 3.07. The summed E-state index contributed by atoms with van der Waals surface area (Å²) in [5.41, 5.74) is 2.97. The Bertz CT molecular complexity index is 1050. The van der Waals surface area contributed by atoms with Crippen LogP contribution in [0.1, 0.15) is 29.9 Å². The van der Waals surface area contributed by atoms with Gasteiger partial charge in [0.15, 0.2) is 0 Å². The van der Waals surface area contributed by atoms with Crippen LogP contribution in [0.15, 0.2) is 54.1 Å². The van der Waals surface area contributed by atoms with Gasteiger partial charge in [-0.05, 0) is 47.9 Å². The molecule has 0 bridgehead atoms. The van der Waals surface area contributed by atoms with Gasteiger partial charge >= 0.3 is 6.18 Å². The maximum atomic E-state index is 13.2. The number of allylic oxidation sites excluding steroid dienone is 1. The van der Waals surface area contributed by atoms with Crippen LogP contribution in [0.2, 0.25) is 10.0 Å². The standard InChI is InChI=1S/C19H13Cl2F3N4/c1-10-15(11-2-6-13(20)7-3-11)25-18-26-17(19(22,23)24)27-28(18)16(10)12-4-8-14(21)9-5-12/h2-9,16H,1H3,(H,25,26,27)/t16-/m0/s1. The molecule has 1 atom stereocenters. The van der Waals surface area contributed by atoms with Crippen molar-refractivity contribution < 1.29 is 13.2 Å². The van der Waals surface area contributed by atoms with Gasteiger partial charge in [-0.25, -0.2) is 4.68 Å². The van der Waals surface area contributed by atoms with Gasteiger partial charge in [0.2, 0.25) is 5.95 Å². The van der Waals surface area contributed by atoms with Gasteiger partial charge in [-0.15, -0.1) is 5.10 Å². The second-order valence-corrected chi connectivity index (χ2v) is 7.22. The number of nitrogens with zero attached hydrogens (tertiary/aromatic N) is 3. The second-order valence-electron chi connectivity index (χ2n) is 6.35. The summed E-state index contributed by atoms with van der Waals surface area (Å²) in [4.78, 5) is 3.67. The van der Waals surface area contributed by atoms with Crippen LogP contribution in [0.5, 0.6) is 0 Å². The van der Waals surface area contributed by atoms with Crippen LogP contribution in [-0.4, -0.2) is 14.8 Å². The summed E-state index contributed by atoms with van der Waals surface area (Å²) in [6, 6.07) is 13.4. The van der Waals surface area contributed by atoms with Gasteiger partial charge in [0.05, 0.1) is 0 Å². The molecule has 1 aromatic heterocycles. The van der Waals surface area contributed by atoms with Crippen LogP contribution >= 0.6 is 23.2 Å². The maximum Gasteiger partial charge on any atom is 0.453 e. The first-order valence-electron chi connectivity index (χ1n) is 8.27. The van der Waals surface area contributed by atoms with Crippen molar-refractivity contribution in [3.8, 4) is 0 Å². The van der Waals surface area contributed by atoms with Gasteiger partial charge in [-0.1, -0.05) is 47.5 Å². The van der Waals surface area contributed by atoms with Crippen LogP contribution in [-0.2, 0) is 6.18 Å². The van der Waals surface area contributed by atoms with Gasteiger partial charge in [-0.3, -0.25) is 0 Å². The number of hydrogen-bond acceptors (Lipinski definition) is 3. The third-order valence-electron chi connectivity index (χ3n) is 4.49. The van der Waals surface area contributed by atoms with Crippen molar-refractivity contribution in [2.24, 2.45) is 0 Å². The molecule has 0 unspecified atom stereocenters. The number of anilines is 1. The van der Waals surface area contributed by atoms with Crippen molar-refractivity contribution in [2.75, 3.05) is 5.32 Å². The molecule has 0 spiro atoms. The van der Waals surface area contributed by atoms with Crippen LogP contribution in [0, 0.1) is 0 Å². The van der Waals surface area contributed by atoms with Gasteiger partial charge in [0.25, 0.3) is 5.82 Å². The fourth-order valence-corrected chi connectivity index (χ4v) is 3.44. The Kier molecular flexibility index (Phi) is 4.59. The third kappa shape index (κ3) is 3.36. The first kappa shape index (κ1) is 18.8. The molecule has 0 fully saturated rings. The second kappa shape index (κ2) is 6.83. The highest BCUT2D eigenvalue weighted by Gasteiger charge is 2.40. The van der Waals surface area contributed by atoms with E-state index >= 15 is 0 Å². The molecule has 3 aromatic rings. The summed E-state index contributed by atoms with van der Waals surface area (Å²) in [6.45, 7) is 1.84. The van der Waals surface area contributed by atoms with Crippen molar-refractivity contribution in [3.05, 3.63) is 81.1 Å². The lowest BCUT2D eigenvalue weighted by molar-refractivity contribution is -0.145. The summed E-state index contributed by atoms with van der Waals surface area (Å²) >= 11 is 11.9. The van der Waals surface area contributed by atoms with Crippen LogP contribution in [0.25, 0.3) is 5.70 Å². The molecule has 0 amide bonds. The molecule has 0 saturated heterocycles. The van der Waals surface area contributed by atoms with E-state index in [1.165, 1.54) is 4.68 Å². The molecule has 0 aliphatic carbocycles. The lowest BCUT2D eigenvalue weighted by atomic mass is 9.94. The zero-order valence-electron chi connectivity index (χ0n) is 14.4.